The monoisotopic (exact) mass is 251 g/mol. The van der Waals surface area contributed by atoms with E-state index in [0.717, 1.165) is 18.3 Å². The second kappa shape index (κ2) is 5.44. The van der Waals surface area contributed by atoms with Crippen LogP contribution in [0.5, 0.6) is 11.8 Å². The zero-order valence-corrected chi connectivity index (χ0v) is 10.2. The Balaban J connectivity index is 2.15. The molecule has 2 N–H and O–H groups in total. The molecule has 0 unspecified atom stereocenters. The highest BCUT2D eigenvalue weighted by atomic mass is 19.1. The Morgan fingerprint density at radius 2 is 2.33 bits per heavy atom. The lowest BCUT2D eigenvalue weighted by Crippen LogP contribution is -2.05. The first-order chi connectivity index (χ1) is 8.69. The van der Waals surface area contributed by atoms with E-state index in [1.807, 2.05) is 13.8 Å². The van der Waals surface area contributed by atoms with Crippen molar-refractivity contribution in [2.45, 2.75) is 20.3 Å². The number of rotatable bonds is 5. The number of nitrogens with zero attached hydrogens (tertiary/aromatic N) is 3. The molecular formula is C11H14FN5O. The van der Waals surface area contributed by atoms with Gasteiger partial charge in [0.2, 0.25) is 17.6 Å². The first kappa shape index (κ1) is 12.3. The smallest absolute Gasteiger partial charge is 0.262 e. The van der Waals surface area contributed by atoms with Gasteiger partial charge in [0.1, 0.15) is 0 Å². The van der Waals surface area contributed by atoms with Crippen molar-refractivity contribution < 1.29 is 9.13 Å². The first-order valence-corrected chi connectivity index (χ1v) is 5.65. The fraction of sp³-hybridized carbons (Fsp3) is 0.364. The second-order valence-electron chi connectivity index (χ2n) is 3.76. The number of aromatic amines is 1. The van der Waals surface area contributed by atoms with Crippen molar-refractivity contribution in [2.24, 2.45) is 0 Å². The molecule has 0 aliphatic rings. The highest BCUT2D eigenvalue weighted by Crippen LogP contribution is 2.21. The van der Waals surface area contributed by atoms with Gasteiger partial charge in [-0.05, 0) is 13.3 Å². The average molecular weight is 251 g/mol. The van der Waals surface area contributed by atoms with E-state index in [1.165, 1.54) is 0 Å². The van der Waals surface area contributed by atoms with E-state index in [2.05, 4.69) is 25.5 Å². The van der Waals surface area contributed by atoms with Gasteiger partial charge in [0.05, 0.1) is 6.20 Å². The van der Waals surface area contributed by atoms with Crippen LogP contribution >= 0.6 is 0 Å². The third-order valence-corrected chi connectivity index (χ3v) is 2.13. The van der Waals surface area contributed by atoms with Crippen molar-refractivity contribution in [3.8, 4) is 11.8 Å². The van der Waals surface area contributed by atoms with Crippen molar-refractivity contribution in [1.29, 1.82) is 0 Å². The predicted molar refractivity (Wildman–Crippen MR) is 64.2 cm³/mol. The molecule has 18 heavy (non-hydrogen) atoms. The molecule has 7 heteroatoms. The number of aromatic nitrogens is 4. The van der Waals surface area contributed by atoms with Crippen LogP contribution in [-0.4, -0.2) is 26.7 Å². The molecule has 6 nitrogen and oxygen atoms in total. The van der Waals surface area contributed by atoms with Crippen molar-refractivity contribution in [3.05, 3.63) is 23.8 Å². The molecule has 0 spiro atoms. The van der Waals surface area contributed by atoms with Gasteiger partial charge < -0.3 is 10.1 Å². The summed E-state index contributed by atoms with van der Waals surface area (Å²) in [6.45, 7) is 4.55. The first-order valence-electron chi connectivity index (χ1n) is 5.65. The number of hydrogen-bond donors (Lipinski definition) is 2. The van der Waals surface area contributed by atoms with Crippen LogP contribution in [0.15, 0.2) is 12.3 Å². The highest BCUT2D eigenvalue weighted by Gasteiger charge is 2.10. The van der Waals surface area contributed by atoms with Gasteiger partial charge in [-0.3, -0.25) is 5.10 Å². The fourth-order valence-corrected chi connectivity index (χ4v) is 1.29. The van der Waals surface area contributed by atoms with Gasteiger partial charge in [0.15, 0.2) is 0 Å². The summed E-state index contributed by atoms with van der Waals surface area (Å²) in [4.78, 5) is 7.76. The van der Waals surface area contributed by atoms with Gasteiger partial charge >= 0.3 is 0 Å². The van der Waals surface area contributed by atoms with E-state index in [0.29, 0.717) is 12.5 Å². The molecule has 96 valence electrons. The molecule has 0 fully saturated rings. The zero-order chi connectivity index (χ0) is 13.0. The maximum absolute atomic E-state index is 13.5. The number of halogens is 1. The third kappa shape index (κ3) is 2.93. The van der Waals surface area contributed by atoms with Crippen LogP contribution in [0.2, 0.25) is 0 Å². The van der Waals surface area contributed by atoms with E-state index in [-0.39, 0.29) is 11.8 Å². The van der Waals surface area contributed by atoms with Gasteiger partial charge in [-0.2, -0.15) is 9.37 Å². The average Bonchev–Trinajstić information content (AvgIpc) is 2.76. The molecule has 2 heterocycles. The van der Waals surface area contributed by atoms with Gasteiger partial charge in [-0.15, -0.1) is 5.10 Å². The third-order valence-electron chi connectivity index (χ3n) is 2.13. The molecule has 0 saturated heterocycles. The largest absolute Gasteiger partial charge is 0.416 e. The minimum atomic E-state index is -0.627. The van der Waals surface area contributed by atoms with Gasteiger partial charge in [-0.1, -0.05) is 6.92 Å². The number of aryl methyl sites for hydroxylation is 1. The lowest BCUT2D eigenvalue weighted by Gasteiger charge is -2.05. The molecule has 0 saturated carbocycles. The zero-order valence-electron chi connectivity index (χ0n) is 10.2. The van der Waals surface area contributed by atoms with Crippen LogP contribution in [0, 0.1) is 12.7 Å². The Labute approximate surface area is 104 Å². The standard InChI is InChI=1S/C11H14FN5O/c1-3-4-13-11-14-6-8(12)10(15-11)18-9-5-7(2)16-17-9/h5-6H,3-4H2,1-2H3,(H,16,17)(H,13,14,15). The molecule has 0 radical (unpaired) electrons. The Hall–Kier alpha value is -2.18. The Morgan fingerprint density at radius 3 is 3.00 bits per heavy atom. The minimum Gasteiger partial charge on any atom is -0.416 e. The molecule has 0 aliphatic heterocycles. The fourth-order valence-electron chi connectivity index (χ4n) is 1.29. The molecule has 0 atom stereocenters. The summed E-state index contributed by atoms with van der Waals surface area (Å²) in [6, 6.07) is 1.65. The Bertz CT molecular complexity index is 528. The van der Waals surface area contributed by atoms with Crippen LogP contribution < -0.4 is 10.1 Å². The van der Waals surface area contributed by atoms with E-state index < -0.39 is 5.82 Å². The lowest BCUT2D eigenvalue weighted by atomic mass is 10.5. The number of hydrogen-bond acceptors (Lipinski definition) is 5. The van der Waals surface area contributed by atoms with Crippen LogP contribution in [0.4, 0.5) is 10.3 Å². The van der Waals surface area contributed by atoms with Crippen LogP contribution in [0.25, 0.3) is 0 Å². The van der Waals surface area contributed by atoms with Crippen molar-refractivity contribution in [3.63, 3.8) is 0 Å². The number of anilines is 1. The molecule has 0 aromatic carbocycles. The molecule has 0 bridgehead atoms. The number of H-pyrrole nitrogens is 1. The van der Waals surface area contributed by atoms with E-state index in [1.54, 1.807) is 6.07 Å². The quantitative estimate of drug-likeness (QED) is 0.852. The second-order valence-corrected chi connectivity index (χ2v) is 3.76. The Morgan fingerprint density at radius 1 is 1.50 bits per heavy atom. The summed E-state index contributed by atoms with van der Waals surface area (Å²) in [7, 11) is 0. The van der Waals surface area contributed by atoms with Gasteiger partial charge in [0, 0.05) is 18.3 Å². The number of nitrogens with one attached hydrogen (secondary N) is 2. The number of ether oxygens (including phenoxy) is 1. The van der Waals surface area contributed by atoms with Crippen molar-refractivity contribution in [1.82, 2.24) is 20.2 Å². The van der Waals surface area contributed by atoms with Crippen LogP contribution in [0.1, 0.15) is 19.0 Å². The summed E-state index contributed by atoms with van der Waals surface area (Å²) in [5, 5.41) is 9.51. The summed E-state index contributed by atoms with van der Waals surface area (Å²) in [6.07, 6.45) is 2.00. The minimum absolute atomic E-state index is 0.143. The summed E-state index contributed by atoms with van der Waals surface area (Å²) >= 11 is 0. The molecule has 0 amide bonds. The summed E-state index contributed by atoms with van der Waals surface area (Å²) in [5.74, 6) is -0.167. The molecule has 2 aromatic heterocycles. The van der Waals surface area contributed by atoms with Crippen LogP contribution in [0.3, 0.4) is 0 Å². The van der Waals surface area contributed by atoms with Crippen LogP contribution in [-0.2, 0) is 0 Å². The van der Waals surface area contributed by atoms with Gasteiger partial charge in [-0.25, -0.2) is 4.98 Å². The van der Waals surface area contributed by atoms with E-state index in [4.69, 9.17) is 4.74 Å². The van der Waals surface area contributed by atoms with Gasteiger partial charge in [0.25, 0.3) is 5.88 Å². The Kier molecular flexibility index (Phi) is 3.71. The SMILES string of the molecule is CCCNc1ncc(F)c(Oc2cc(C)[nH]n2)n1. The van der Waals surface area contributed by atoms with Crippen molar-refractivity contribution in [2.75, 3.05) is 11.9 Å². The maximum atomic E-state index is 13.5. The highest BCUT2D eigenvalue weighted by molar-refractivity contribution is 5.30. The summed E-state index contributed by atoms with van der Waals surface area (Å²) in [5.41, 5.74) is 0.823. The van der Waals surface area contributed by atoms with E-state index in [9.17, 15) is 4.39 Å². The predicted octanol–water partition coefficient (Wildman–Crippen LogP) is 2.26. The van der Waals surface area contributed by atoms with E-state index >= 15 is 0 Å². The summed E-state index contributed by atoms with van der Waals surface area (Å²) < 4.78 is 18.7. The molecule has 2 aromatic rings. The molecule has 2 rings (SSSR count). The van der Waals surface area contributed by atoms with Crippen molar-refractivity contribution >= 4 is 5.95 Å². The normalized spacial score (nSPS) is 10.4. The maximum Gasteiger partial charge on any atom is 0.262 e. The lowest BCUT2D eigenvalue weighted by molar-refractivity contribution is 0.406. The molecule has 0 aliphatic carbocycles. The molecular weight excluding hydrogens is 237 g/mol. The topological polar surface area (TPSA) is 75.7 Å².